The van der Waals surface area contributed by atoms with Crippen LogP contribution < -0.4 is 20.3 Å². The summed E-state index contributed by atoms with van der Waals surface area (Å²) in [7, 11) is 7.53. The van der Waals surface area contributed by atoms with Crippen LogP contribution in [-0.2, 0) is 4.79 Å². The molecule has 2 N–H and O–H groups in total. The van der Waals surface area contributed by atoms with Crippen LogP contribution in [0.1, 0.15) is 0 Å². The number of carbonyl (C=O) groups is 1. The summed E-state index contributed by atoms with van der Waals surface area (Å²) in [6.07, 6.45) is 4.67. The molecule has 4 aromatic rings. The van der Waals surface area contributed by atoms with E-state index in [4.69, 9.17) is 4.74 Å². The maximum absolute atomic E-state index is 13.8. The fraction of sp³-hybridized carbons (Fsp3) is 0.222. The maximum atomic E-state index is 13.8. The van der Waals surface area contributed by atoms with E-state index in [0.29, 0.717) is 34.3 Å². The molecule has 4 rings (SSSR count). The van der Waals surface area contributed by atoms with E-state index in [1.165, 1.54) is 18.2 Å². The van der Waals surface area contributed by atoms with Crippen molar-refractivity contribution in [3.63, 3.8) is 0 Å². The van der Waals surface area contributed by atoms with Gasteiger partial charge in [-0.05, 0) is 50.0 Å². The summed E-state index contributed by atoms with van der Waals surface area (Å²) in [6, 6.07) is 11.9. The lowest BCUT2D eigenvalue weighted by molar-refractivity contribution is -0.111. The number of hydrogen-bond donors (Lipinski definition) is 2. The minimum Gasteiger partial charge on any atom is -0.494 e. The molecule has 0 aliphatic rings. The summed E-state index contributed by atoms with van der Waals surface area (Å²) >= 11 is 0. The molecule has 0 aliphatic carbocycles. The zero-order valence-corrected chi connectivity index (χ0v) is 21.3. The fourth-order valence-electron chi connectivity index (χ4n) is 3.86. The minimum absolute atomic E-state index is 0.317. The number of nitrogens with one attached hydrogen (secondary N) is 2. The molecule has 0 aliphatic heterocycles. The van der Waals surface area contributed by atoms with Crippen LogP contribution in [0.3, 0.4) is 0 Å². The quantitative estimate of drug-likeness (QED) is 0.310. The van der Waals surface area contributed by atoms with Crippen molar-refractivity contribution < 1.29 is 13.9 Å². The first-order valence-corrected chi connectivity index (χ1v) is 11.7. The summed E-state index contributed by atoms with van der Waals surface area (Å²) in [6.45, 7) is 5.12. The molecule has 0 bridgehead atoms. The van der Waals surface area contributed by atoms with E-state index < -0.39 is 0 Å². The van der Waals surface area contributed by atoms with Gasteiger partial charge in [0.2, 0.25) is 11.9 Å². The number of ether oxygens (including phenoxy) is 1. The first-order valence-electron chi connectivity index (χ1n) is 11.7. The molecular formula is C27H30FN7O2. The normalized spacial score (nSPS) is 11.0. The predicted molar refractivity (Wildman–Crippen MR) is 145 cm³/mol. The number of hydrogen-bond acceptors (Lipinski definition) is 7. The highest BCUT2D eigenvalue weighted by Crippen LogP contribution is 2.38. The van der Waals surface area contributed by atoms with Gasteiger partial charge in [0.25, 0.3) is 0 Å². The monoisotopic (exact) mass is 503 g/mol. The number of fused-ring (bicyclic) bond motifs is 1. The lowest BCUT2D eigenvalue weighted by atomic mass is 10.1. The smallest absolute Gasteiger partial charge is 0.247 e. The molecule has 192 valence electrons. The number of aromatic nitrogens is 3. The van der Waals surface area contributed by atoms with Gasteiger partial charge in [-0.3, -0.25) is 9.20 Å². The average molecular weight is 504 g/mol. The second-order valence-electron chi connectivity index (χ2n) is 8.76. The van der Waals surface area contributed by atoms with Crippen molar-refractivity contribution in [2.24, 2.45) is 0 Å². The largest absolute Gasteiger partial charge is 0.494 e. The minimum atomic E-state index is -0.330. The number of rotatable bonds is 10. The van der Waals surface area contributed by atoms with Gasteiger partial charge in [-0.1, -0.05) is 18.7 Å². The molecule has 10 heteroatoms. The topological polar surface area (TPSA) is 87.0 Å². The van der Waals surface area contributed by atoms with Gasteiger partial charge in [-0.2, -0.15) is 4.98 Å². The molecule has 0 fully saturated rings. The zero-order valence-electron chi connectivity index (χ0n) is 21.3. The molecular weight excluding hydrogens is 473 g/mol. The van der Waals surface area contributed by atoms with Gasteiger partial charge in [-0.25, -0.2) is 9.37 Å². The van der Waals surface area contributed by atoms with Gasteiger partial charge in [0.05, 0.1) is 24.2 Å². The van der Waals surface area contributed by atoms with Crippen LogP contribution in [-0.4, -0.2) is 66.5 Å². The number of amides is 1. The summed E-state index contributed by atoms with van der Waals surface area (Å²) in [5, 5.41) is 6.08. The first-order chi connectivity index (χ1) is 17.8. The molecule has 0 saturated carbocycles. The Hall–Kier alpha value is -4.44. The Bertz CT molecular complexity index is 1430. The van der Waals surface area contributed by atoms with E-state index in [1.807, 2.05) is 50.4 Å². The fourth-order valence-corrected chi connectivity index (χ4v) is 3.86. The highest BCUT2D eigenvalue weighted by molar-refractivity contribution is 6.02. The molecule has 0 atom stereocenters. The number of anilines is 4. The van der Waals surface area contributed by atoms with Crippen molar-refractivity contribution in [2.75, 3.05) is 56.9 Å². The van der Waals surface area contributed by atoms with Crippen molar-refractivity contribution >= 4 is 34.6 Å². The van der Waals surface area contributed by atoms with Gasteiger partial charge in [-0.15, -0.1) is 0 Å². The van der Waals surface area contributed by atoms with Crippen molar-refractivity contribution in [1.29, 1.82) is 0 Å². The molecule has 2 aromatic carbocycles. The average Bonchev–Trinajstić information content (AvgIpc) is 3.30. The maximum Gasteiger partial charge on any atom is 0.247 e. The number of benzene rings is 2. The van der Waals surface area contributed by atoms with Crippen molar-refractivity contribution in [3.05, 3.63) is 73.5 Å². The Morgan fingerprint density at radius 3 is 2.68 bits per heavy atom. The number of halogens is 1. The molecule has 37 heavy (non-hydrogen) atoms. The SMILES string of the molecule is C=CC(=O)Nc1cc(Nc2ncn3ccc(-c4cccc(F)c4)c3n2)c(OC)cc1N(C)CCN(C)C. The van der Waals surface area contributed by atoms with Crippen molar-refractivity contribution in [2.45, 2.75) is 0 Å². The Balaban J connectivity index is 1.72. The second kappa shape index (κ2) is 11.1. The molecule has 2 heterocycles. The molecule has 2 aromatic heterocycles. The highest BCUT2D eigenvalue weighted by Gasteiger charge is 2.17. The Morgan fingerprint density at radius 2 is 1.97 bits per heavy atom. The third-order valence-electron chi connectivity index (χ3n) is 5.84. The van der Waals surface area contributed by atoms with E-state index in [1.54, 1.807) is 30.0 Å². The Morgan fingerprint density at radius 1 is 1.16 bits per heavy atom. The molecule has 0 unspecified atom stereocenters. The summed E-state index contributed by atoms with van der Waals surface area (Å²) in [4.78, 5) is 25.4. The van der Waals surface area contributed by atoms with Crippen LogP contribution >= 0.6 is 0 Å². The molecule has 1 amide bonds. The van der Waals surface area contributed by atoms with E-state index in [2.05, 4.69) is 32.1 Å². The lowest BCUT2D eigenvalue weighted by Gasteiger charge is -2.26. The number of nitrogens with zero attached hydrogens (tertiary/aromatic N) is 5. The summed E-state index contributed by atoms with van der Waals surface area (Å²) in [5.41, 5.74) is 4.03. The van der Waals surface area contributed by atoms with Gasteiger partial charge >= 0.3 is 0 Å². The van der Waals surface area contributed by atoms with Crippen LogP contribution in [0, 0.1) is 5.82 Å². The number of carbonyl (C=O) groups excluding carboxylic acids is 1. The van der Waals surface area contributed by atoms with Gasteiger partial charge in [0, 0.05) is 38.0 Å². The summed E-state index contributed by atoms with van der Waals surface area (Å²) in [5.74, 6) is 0.215. The Kier molecular flexibility index (Phi) is 7.69. The van der Waals surface area contributed by atoms with Gasteiger partial charge < -0.3 is 25.2 Å². The van der Waals surface area contributed by atoms with E-state index in [9.17, 15) is 9.18 Å². The van der Waals surface area contributed by atoms with Crippen LogP contribution in [0.25, 0.3) is 16.8 Å². The molecule has 0 radical (unpaired) electrons. The van der Waals surface area contributed by atoms with Crippen molar-refractivity contribution in [3.8, 4) is 16.9 Å². The number of likely N-dealkylation sites (N-methyl/N-ethyl adjacent to an activating group) is 2. The number of methoxy groups -OCH3 is 1. The van der Waals surface area contributed by atoms with E-state index >= 15 is 0 Å². The van der Waals surface area contributed by atoms with E-state index in [-0.39, 0.29) is 11.7 Å². The Labute approximate surface area is 215 Å². The van der Waals surface area contributed by atoms with Crippen LogP contribution in [0.2, 0.25) is 0 Å². The standard InChI is InChI=1S/C27H30FN7O2/c1-6-25(36)30-21-15-22(24(37-5)16-23(21)34(4)13-12-33(2)3)31-27-29-17-35-11-10-20(26(35)32-27)18-8-7-9-19(28)14-18/h6-11,14-17H,1,12-13H2,2-5H3,(H,30,36)(H,31,32). The van der Waals surface area contributed by atoms with Gasteiger partial charge in [0.15, 0.2) is 0 Å². The van der Waals surface area contributed by atoms with Crippen LogP contribution in [0.5, 0.6) is 5.75 Å². The predicted octanol–water partition coefficient (Wildman–Crippen LogP) is 4.41. The van der Waals surface area contributed by atoms with E-state index in [0.717, 1.165) is 24.3 Å². The second-order valence-corrected chi connectivity index (χ2v) is 8.76. The van der Waals surface area contributed by atoms with Crippen molar-refractivity contribution in [1.82, 2.24) is 19.3 Å². The lowest BCUT2D eigenvalue weighted by Crippen LogP contribution is -2.29. The van der Waals surface area contributed by atoms with Gasteiger partial charge in [0.1, 0.15) is 23.5 Å². The highest BCUT2D eigenvalue weighted by atomic mass is 19.1. The van der Waals surface area contributed by atoms with Crippen LogP contribution in [0.4, 0.5) is 27.4 Å². The first kappa shape index (κ1) is 25.6. The molecule has 0 saturated heterocycles. The molecule has 0 spiro atoms. The third kappa shape index (κ3) is 5.87. The van der Waals surface area contributed by atoms with Crippen LogP contribution in [0.15, 0.2) is 67.6 Å². The molecule has 9 nitrogen and oxygen atoms in total. The third-order valence-corrected chi connectivity index (χ3v) is 5.84. The zero-order chi connectivity index (χ0) is 26.5. The summed E-state index contributed by atoms with van der Waals surface area (Å²) < 4.78 is 21.3.